The van der Waals surface area contributed by atoms with Gasteiger partial charge in [0.05, 0.1) is 15.9 Å². The lowest BCUT2D eigenvalue weighted by atomic mass is 10.3. The van der Waals surface area contributed by atoms with E-state index in [4.69, 9.17) is 4.74 Å². The largest absolute Gasteiger partial charge is 0.461 e. The third kappa shape index (κ3) is 2.50. The molecule has 1 heterocycles. The SMILES string of the molecule is CCOC(=O)c1c(I)c(C)nn1C(C)C. The van der Waals surface area contributed by atoms with Gasteiger partial charge in [0.15, 0.2) is 5.69 Å². The number of aryl methyl sites for hydroxylation is 1. The average Bonchev–Trinajstić information content (AvgIpc) is 2.44. The number of esters is 1. The summed E-state index contributed by atoms with van der Waals surface area (Å²) in [6.07, 6.45) is 0. The Bertz CT molecular complexity index is 372. The van der Waals surface area contributed by atoms with Crippen molar-refractivity contribution >= 4 is 28.6 Å². The maximum absolute atomic E-state index is 11.7. The van der Waals surface area contributed by atoms with Crippen LogP contribution in [0.3, 0.4) is 0 Å². The van der Waals surface area contributed by atoms with E-state index in [1.807, 2.05) is 20.8 Å². The van der Waals surface area contributed by atoms with Crippen LogP contribution < -0.4 is 0 Å². The first-order chi connectivity index (χ1) is 6.99. The van der Waals surface area contributed by atoms with Crippen LogP contribution in [0.2, 0.25) is 0 Å². The Hall–Kier alpha value is -0.590. The second kappa shape index (κ2) is 4.96. The number of carbonyl (C=O) groups is 1. The Kier molecular flexibility index (Phi) is 4.12. The quantitative estimate of drug-likeness (QED) is 0.635. The highest BCUT2D eigenvalue weighted by Crippen LogP contribution is 2.20. The van der Waals surface area contributed by atoms with Gasteiger partial charge in [-0.05, 0) is 50.3 Å². The molecule has 0 saturated carbocycles. The van der Waals surface area contributed by atoms with Crippen molar-refractivity contribution in [2.45, 2.75) is 33.7 Å². The van der Waals surface area contributed by atoms with Gasteiger partial charge in [0, 0.05) is 6.04 Å². The normalized spacial score (nSPS) is 10.8. The summed E-state index contributed by atoms with van der Waals surface area (Å²) in [4.78, 5) is 11.7. The third-order valence-corrected chi connectivity index (χ3v) is 3.26. The molecule has 0 radical (unpaired) electrons. The van der Waals surface area contributed by atoms with E-state index in [9.17, 15) is 4.79 Å². The molecule has 0 aliphatic rings. The van der Waals surface area contributed by atoms with E-state index < -0.39 is 0 Å². The molecule has 15 heavy (non-hydrogen) atoms. The van der Waals surface area contributed by atoms with Gasteiger partial charge in [-0.15, -0.1) is 0 Å². The van der Waals surface area contributed by atoms with Crippen molar-refractivity contribution in [1.29, 1.82) is 0 Å². The molecule has 1 aromatic heterocycles. The Balaban J connectivity index is 3.19. The van der Waals surface area contributed by atoms with E-state index in [-0.39, 0.29) is 12.0 Å². The predicted molar refractivity (Wildman–Crippen MR) is 66.0 cm³/mol. The summed E-state index contributed by atoms with van der Waals surface area (Å²) >= 11 is 2.13. The fourth-order valence-corrected chi connectivity index (χ4v) is 1.86. The van der Waals surface area contributed by atoms with Gasteiger partial charge in [0.1, 0.15) is 0 Å². The lowest BCUT2D eigenvalue weighted by Crippen LogP contribution is -2.15. The van der Waals surface area contributed by atoms with Crippen LogP contribution in [0.25, 0.3) is 0 Å². The van der Waals surface area contributed by atoms with E-state index in [2.05, 4.69) is 27.7 Å². The van der Waals surface area contributed by atoms with Crippen LogP contribution in [0.4, 0.5) is 0 Å². The second-order valence-corrected chi connectivity index (χ2v) is 4.59. The summed E-state index contributed by atoms with van der Waals surface area (Å²) in [7, 11) is 0. The number of rotatable bonds is 3. The van der Waals surface area contributed by atoms with Crippen LogP contribution in [-0.2, 0) is 4.74 Å². The van der Waals surface area contributed by atoms with Crippen LogP contribution in [0.15, 0.2) is 0 Å². The summed E-state index contributed by atoms with van der Waals surface area (Å²) < 4.78 is 7.60. The molecular weight excluding hydrogens is 307 g/mol. The molecule has 0 aromatic carbocycles. The molecule has 0 atom stereocenters. The molecule has 4 nitrogen and oxygen atoms in total. The van der Waals surface area contributed by atoms with Crippen LogP contribution in [-0.4, -0.2) is 22.4 Å². The van der Waals surface area contributed by atoms with Crippen molar-refractivity contribution in [2.24, 2.45) is 0 Å². The first-order valence-electron chi connectivity index (χ1n) is 4.90. The van der Waals surface area contributed by atoms with Crippen molar-refractivity contribution in [3.63, 3.8) is 0 Å². The minimum Gasteiger partial charge on any atom is -0.461 e. The summed E-state index contributed by atoms with van der Waals surface area (Å²) in [5.41, 5.74) is 1.43. The molecule has 0 aliphatic heterocycles. The maximum atomic E-state index is 11.7. The van der Waals surface area contributed by atoms with Gasteiger partial charge < -0.3 is 4.74 Å². The Morgan fingerprint density at radius 1 is 1.60 bits per heavy atom. The minimum atomic E-state index is -0.295. The average molecular weight is 322 g/mol. The fourth-order valence-electron chi connectivity index (χ4n) is 1.28. The van der Waals surface area contributed by atoms with Gasteiger partial charge in [-0.2, -0.15) is 5.10 Å². The lowest BCUT2D eigenvalue weighted by Gasteiger charge is -2.10. The van der Waals surface area contributed by atoms with Gasteiger partial charge in [-0.1, -0.05) is 0 Å². The zero-order valence-electron chi connectivity index (χ0n) is 9.37. The van der Waals surface area contributed by atoms with Crippen LogP contribution in [0.5, 0.6) is 0 Å². The van der Waals surface area contributed by atoms with Crippen molar-refractivity contribution in [2.75, 3.05) is 6.61 Å². The Morgan fingerprint density at radius 2 is 2.20 bits per heavy atom. The molecule has 0 spiro atoms. The molecule has 1 rings (SSSR count). The van der Waals surface area contributed by atoms with Crippen molar-refractivity contribution in [1.82, 2.24) is 9.78 Å². The topological polar surface area (TPSA) is 44.1 Å². The fraction of sp³-hybridized carbons (Fsp3) is 0.600. The first-order valence-corrected chi connectivity index (χ1v) is 5.98. The monoisotopic (exact) mass is 322 g/mol. The third-order valence-electron chi connectivity index (χ3n) is 1.97. The van der Waals surface area contributed by atoms with Gasteiger partial charge in [-0.25, -0.2) is 4.79 Å². The van der Waals surface area contributed by atoms with E-state index >= 15 is 0 Å². The molecule has 5 heteroatoms. The van der Waals surface area contributed by atoms with Gasteiger partial charge >= 0.3 is 5.97 Å². The summed E-state index contributed by atoms with van der Waals surface area (Å²) in [6.45, 7) is 8.06. The molecule has 1 aromatic rings. The van der Waals surface area contributed by atoms with Crippen LogP contribution >= 0.6 is 22.6 Å². The maximum Gasteiger partial charge on any atom is 0.357 e. The zero-order valence-corrected chi connectivity index (χ0v) is 11.5. The van der Waals surface area contributed by atoms with Crippen molar-refractivity contribution < 1.29 is 9.53 Å². The van der Waals surface area contributed by atoms with Crippen molar-refractivity contribution in [3.05, 3.63) is 15.0 Å². The number of carbonyl (C=O) groups excluding carboxylic acids is 1. The van der Waals surface area contributed by atoms with E-state index in [0.717, 1.165) is 9.26 Å². The predicted octanol–water partition coefficient (Wildman–Crippen LogP) is 2.55. The van der Waals surface area contributed by atoms with Crippen molar-refractivity contribution in [3.8, 4) is 0 Å². The van der Waals surface area contributed by atoms with Crippen LogP contribution in [0, 0.1) is 10.5 Å². The highest BCUT2D eigenvalue weighted by atomic mass is 127. The summed E-state index contributed by atoms with van der Waals surface area (Å²) in [5.74, 6) is -0.295. The molecule has 0 fully saturated rings. The van der Waals surface area contributed by atoms with E-state index in [1.165, 1.54) is 0 Å². The minimum absolute atomic E-state index is 0.159. The van der Waals surface area contributed by atoms with Crippen LogP contribution in [0.1, 0.15) is 43.0 Å². The number of hydrogen-bond donors (Lipinski definition) is 0. The summed E-state index contributed by atoms with van der Waals surface area (Å²) in [6, 6.07) is 0.159. The number of halogens is 1. The molecular formula is C10H15IN2O2. The highest BCUT2D eigenvalue weighted by molar-refractivity contribution is 14.1. The summed E-state index contributed by atoms with van der Waals surface area (Å²) in [5, 5.41) is 4.32. The van der Waals surface area contributed by atoms with E-state index in [0.29, 0.717) is 12.3 Å². The smallest absolute Gasteiger partial charge is 0.357 e. The number of hydrogen-bond acceptors (Lipinski definition) is 3. The van der Waals surface area contributed by atoms with Gasteiger partial charge in [0.25, 0.3) is 0 Å². The first kappa shape index (κ1) is 12.5. The lowest BCUT2D eigenvalue weighted by molar-refractivity contribution is 0.0508. The number of ether oxygens (including phenoxy) is 1. The standard InChI is InChI=1S/C10H15IN2O2/c1-5-15-10(14)9-8(11)7(4)12-13(9)6(2)3/h6H,5H2,1-4H3. The number of nitrogens with zero attached hydrogens (tertiary/aromatic N) is 2. The molecule has 0 aliphatic carbocycles. The highest BCUT2D eigenvalue weighted by Gasteiger charge is 2.22. The zero-order chi connectivity index (χ0) is 11.6. The Morgan fingerprint density at radius 3 is 2.67 bits per heavy atom. The van der Waals surface area contributed by atoms with Gasteiger partial charge in [0.2, 0.25) is 0 Å². The molecule has 0 N–H and O–H groups in total. The molecule has 84 valence electrons. The van der Waals surface area contributed by atoms with Gasteiger partial charge in [-0.3, -0.25) is 4.68 Å². The molecule has 0 saturated heterocycles. The van der Waals surface area contributed by atoms with E-state index in [1.54, 1.807) is 11.6 Å². The molecule has 0 unspecified atom stereocenters. The molecule has 0 bridgehead atoms. The second-order valence-electron chi connectivity index (χ2n) is 3.51. The Labute approximate surface area is 103 Å². The molecule has 0 amide bonds. The number of aromatic nitrogens is 2.